The van der Waals surface area contributed by atoms with Gasteiger partial charge in [0.25, 0.3) is 0 Å². The van der Waals surface area contributed by atoms with Crippen LogP contribution in [0.5, 0.6) is 0 Å². The Balaban J connectivity index is 1.73. The van der Waals surface area contributed by atoms with Gasteiger partial charge in [-0.3, -0.25) is 4.79 Å². The maximum absolute atomic E-state index is 12.3. The van der Waals surface area contributed by atoms with Gasteiger partial charge in [0.15, 0.2) is 5.13 Å². The fourth-order valence-corrected chi connectivity index (χ4v) is 3.84. The second kappa shape index (κ2) is 7.27. The van der Waals surface area contributed by atoms with Crippen LogP contribution in [-0.4, -0.2) is 10.9 Å². The number of amides is 1. The van der Waals surface area contributed by atoms with Crippen LogP contribution in [0.25, 0.3) is 11.0 Å². The standard InChI is InChI=1S/C21H24N2O3S/c1-12-6-7-14-13(2)15(19(25)26-16(14)10-12)8-9-18(24)23-20-22-17(11-27-20)21(3,4)5/h6-7,10-11H,8-9H2,1-5H3,(H,22,23,24). The zero-order chi connectivity index (χ0) is 19.8. The summed E-state index contributed by atoms with van der Waals surface area (Å²) in [4.78, 5) is 29.1. The van der Waals surface area contributed by atoms with E-state index >= 15 is 0 Å². The summed E-state index contributed by atoms with van der Waals surface area (Å²) in [5.74, 6) is -0.160. The summed E-state index contributed by atoms with van der Waals surface area (Å²) in [5.41, 5.74) is 3.57. The molecule has 0 fully saturated rings. The molecule has 3 rings (SSSR count). The molecule has 1 aromatic carbocycles. The fraction of sp³-hybridized carbons (Fsp3) is 0.381. The van der Waals surface area contributed by atoms with Crippen molar-refractivity contribution in [2.24, 2.45) is 0 Å². The lowest BCUT2D eigenvalue weighted by Gasteiger charge is -2.14. The Hall–Kier alpha value is -2.47. The Morgan fingerprint density at radius 1 is 1.26 bits per heavy atom. The Bertz CT molecular complexity index is 1060. The molecule has 0 aliphatic heterocycles. The zero-order valence-corrected chi connectivity index (χ0v) is 17.1. The largest absolute Gasteiger partial charge is 0.423 e. The Morgan fingerprint density at radius 3 is 2.67 bits per heavy atom. The van der Waals surface area contributed by atoms with Crippen LogP contribution < -0.4 is 10.9 Å². The highest BCUT2D eigenvalue weighted by molar-refractivity contribution is 7.13. The Morgan fingerprint density at radius 2 is 2.00 bits per heavy atom. The molecule has 0 saturated carbocycles. The average molecular weight is 385 g/mol. The number of carbonyl (C=O) groups excluding carboxylic acids is 1. The molecule has 0 unspecified atom stereocenters. The number of hydrogen-bond acceptors (Lipinski definition) is 5. The molecule has 142 valence electrons. The van der Waals surface area contributed by atoms with Crippen molar-refractivity contribution in [3.05, 3.63) is 56.4 Å². The first-order valence-corrected chi connectivity index (χ1v) is 9.82. The third-order valence-corrected chi connectivity index (χ3v) is 5.32. The number of aryl methyl sites for hydroxylation is 2. The number of hydrogen-bond donors (Lipinski definition) is 1. The number of rotatable bonds is 4. The van der Waals surface area contributed by atoms with Gasteiger partial charge in [-0.15, -0.1) is 11.3 Å². The van der Waals surface area contributed by atoms with E-state index in [2.05, 4.69) is 31.1 Å². The topological polar surface area (TPSA) is 72.2 Å². The molecule has 1 amide bonds. The number of nitrogens with one attached hydrogen (secondary N) is 1. The van der Waals surface area contributed by atoms with Gasteiger partial charge in [-0.2, -0.15) is 0 Å². The van der Waals surface area contributed by atoms with E-state index in [0.29, 0.717) is 22.7 Å². The first kappa shape index (κ1) is 19.3. The van der Waals surface area contributed by atoms with Crippen LogP contribution in [-0.2, 0) is 16.6 Å². The minimum Gasteiger partial charge on any atom is -0.423 e. The van der Waals surface area contributed by atoms with Crippen molar-refractivity contribution in [1.82, 2.24) is 4.98 Å². The summed E-state index contributed by atoms with van der Waals surface area (Å²) in [5, 5.41) is 6.28. The SMILES string of the molecule is Cc1ccc2c(C)c(CCC(=O)Nc3nc(C(C)(C)C)cs3)c(=O)oc2c1. The number of nitrogens with zero attached hydrogens (tertiary/aromatic N) is 1. The van der Waals surface area contributed by atoms with E-state index in [1.54, 1.807) is 0 Å². The maximum atomic E-state index is 12.3. The van der Waals surface area contributed by atoms with Crippen LogP contribution in [0.4, 0.5) is 5.13 Å². The Labute approximate surface area is 162 Å². The minimum atomic E-state index is -0.373. The van der Waals surface area contributed by atoms with Crippen molar-refractivity contribution in [2.45, 2.75) is 52.9 Å². The first-order valence-electron chi connectivity index (χ1n) is 8.94. The molecule has 3 aromatic rings. The number of aromatic nitrogens is 1. The van der Waals surface area contributed by atoms with Gasteiger partial charge in [0.05, 0.1) is 5.69 Å². The summed E-state index contributed by atoms with van der Waals surface area (Å²) in [7, 11) is 0. The quantitative estimate of drug-likeness (QED) is 0.660. The Kier molecular flexibility index (Phi) is 5.20. The number of anilines is 1. The van der Waals surface area contributed by atoms with Gasteiger partial charge >= 0.3 is 5.63 Å². The first-order chi connectivity index (χ1) is 12.6. The van der Waals surface area contributed by atoms with Crippen LogP contribution in [0.1, 0.15) is 49.6 Å². The number of carbonyl (C=O) groups is 1. The lowest BCUT2D eigenvalue weighted by molar-refractivity contribution is -0.116. The lowest BCUT2D eigenvalue weighted by Crippen LogP contribution is -2.17. The maximum Gasteiger partial charge on any atom is 0.339 e. The summed E-state index contributed by atoms with van der Waals surface area (Å²) >= 11 is 1.41. The van der Waals surface area contributed by atoms with Crippen LogP contribution in [0.15, 0.2) is 32.8 Å². The molecule has 2 aromatic heterocycles. The normalized spacial score (nSPS) is 11.7. The molecular weight excluding hydrogens is 360 g/mol. The van der Waals surface area contributed by atoms with Crippen molar-refractivity contribution in [3.8, 4) is 0 Å². The molecule has 5 nitrogen and oxygen atoms in total. The molecule has 6 heteroatoms. The molecule has 1 N–H and O–H groups in total. The fourth-order valence-electron chi connectivity index (χ4n) is 2.89. The minimum absolute atomic E-state index is 0.0565. The van der Waals surface area contributed by atoms with Crippen LogP contribution in [0.3, 0.4) is 0 Å². The second-order valence-corrected chi connectivity index (χ2v) is 8.69. The third-order valence-electron chi connectivity index (χ3n) is 4.56. The van der Waals surface area contributed by atoms with E-state index in [1.165, 1.54) is 11.3 Å². The lowest BCUT2D eigenvalue weighted by atomic mass is 9.93. The van der Waals surface area contributed by atoms with E-state index in [-0.39, 0.29) is 23.4 Å². The number of fused-ring (bicyclic) bond motifs is 1. The molecule has 0 aliphatic rings. The molecule has 27 heavy (non-hydrogen) atoms. The van der Waals surface area contributed by atoms with E-state index in [0.717, 1.165) is 22.2 Å². The van der Waals surface area contributed by atoms with Crippen molar-refractivity contribution < 1.29 is 9.21 Å². The summed E-state index contributed by atoms with van der Waals surface area (Å²) < 4.78 is 5.45. The van der Waals surface area contributed by atoms with Crippen LogP contribution in [0, 0.1) is 13.8 Å². The summed E-state index contributed by atoms with van der Waals surface area (Å²) in [6, 6.07) is 5.80. The summed E-state index contributed by atoms with van der Waals surface area (Å²) in [6.45, 7) is 10.1. The molecule has 0 bridgehead atoms. The van der Waals surface area contributed by atoms with E-state index in [9.17, 15) is 9.59 Å². The van der Waals surface area contributed by atoms with Crippen molar-refractivity contribution in [2.75, 3.05) is 5.32 Å². The van der Waals surface area contributed by atoms with E-state index in [4.69, 9.17) is 4.42 Å². The van der Waals surface area contributed by atoms with Gasteiger partial charge in [-0.25, -0.2) is 9.78 Å². The van der Waals surface area contributed by atoms with Crippen LogP contribution >= 0.6 is 11.3 Å². The highest BCUT2D eigenvalue weighted by atomic mass is 32.1. The van der Waals surface area contributed by atoms with Gasteiger partial charge in [0.2, 0.25) is 5.91 Å². The molecule has 0 atom stereocenters. The number of benzene rings is 1. The second-order valence-electron chi connectivity index (χ2n) is 7.83. The predicted octanol–water partition coefficient (Wildman–Crippen LogP) is 4.74. The predicted molar refractivity (Wildman–Crippen MR) is 110 cm³/mol. The van der Waals surface area contributed by atoms with Gasteiger partial charge in [0, 0.05) is 28.2 Å². The number of thiazole rings is 1. The van der Waals surface area contributed by atoms with Crippen molar-refractivity contribution >= 4 is 33.3 Å². The van der Waals surface area contributed by atoms with Gasteiger partial charge < -0.3 is 9.73 Å². The van der Waals surface area contributed by atoms with Crippen molar-refractivity contribution in [1.29, 1.82) is 0 Å². The average Bonchev–Trinajstić information content (AvgIpc) is 3.03. The van der Waals surface area contributed by atoms with E-state index in [1.807, 2.05) is 37.4 Å². The summed E-state index contributed by atoms with van der Waals surface area (Å²) in [6.07, 6.45) is 0.536. The highest BCUT2D eigenvalue weighted by Crippen LogP contribution is 2.26. The highest BCUT2D eigenvalue weighted by Gasteiger charge is 2.18. The van der Waals surface area contributed by atoms with Crippen molar-refractivity contribution in [3.63, 3.8) is 0 Å². The smallest absolute Gasteiger partial charge is 0.339 e. The zero-order valence-electron chi connectivity index (χ0n) is 16.3. The third kappa shape index (κ3) is 4.27. The van der Waals surface area contributed by atoms with Gasteiger partial charge in [-0.1, -0.05) is 32.9 Å². The van der Waals surface area contributed by atoms with Gasteiger partial charge in [0.1, 0.15) is 5.58 Å². The molecular formula is C21H24N2O3S. The molecule has 0 saturated heterocycles. The van der Waals surface area contributed by atoms with E-state index < -0.39 is 0 Å². The molecule has 0 spiro atoms. The molecule has 0 radical (unpaired) electrons. The van der Waals surface area contributed by atoms with Gasteiger partial charge in [-0.05, 0) is 37.5 Å². The molecule has 0 aliphatic carbocycles. The monoisotopic (exact) mass is 384 g/mol. The molecule has 2 heterocycles. The van der Waals surface area contributed by atoms with Crippen LogP contribution in [0.2, 0.25) is 0 Å².